The minimum atomic E-state index is 0.755. The Hall–Kier alpha value is -2.80. The Bertz CT molecular complexity index is 924. The Morgan fingerprint density at radius 1 is 0.750 bits per heavy atom. The first-order chi connectivity index (χ1) is 15.8. The van der Waals surface area contributed by atoms with Gasteiger partial charge in [0.1, 0.15) is 12.1 Å². The zero-order valence-electron chi connectivity index (χ0n) is 18.8. The summed E-state index contributed by atoms with van der Waals surface area (Å²) in [5, 5.41) is 0. The van der Waals surface area contributed by atoms with E-state index in [-0.39, 0.29) is 0 Å². The lowest BCUT2D eigenvalue weighted by molar-refractivity contribution is 0.0747. The normalized spacial score (nSPS) is 15.0. The number of hydrogen-bond donors (Lipinski definition) is 0. The molecule has 1 aliphatic rings. The molecule has 3 aromatic rings. The lowest BCUT2D eigenvalue weighted by Gasteiger charge is -2.34. The van der Waals surface area contributed by atoms with Crippen LogP contribution in [0, 0.1) is 0 Å². The van der Waals surface area contributed by atoms with Crippen molar-refractivity contribution in [3.05, 3.63) is 78.4 Å². The molecule has 0 spiro atoms. The molecule has 0 N–H and O–H groups in total. The first-order valence-electron chi connectivity index (χ1n) is 11.3. The smallest absolute Gasteiger partial charge is 0.118 e. The number of hydrogen-bond acceptors (Lipinski definition) is 6. The molecule has 0 unspecified atom stereocenters. The molecule has 0 atom stereocenters. The van der Waals surface area contributed by atoms with Gasteiger partial charge < -0.3 is 9.47 Å². The molecule has 1 saturated heterocycles. The monoisotopic (exact) mass is 432 g/mol. The summed E-state index contributed by atoms with van der Waals surface area (Å²) in [5.41, 5.74) is 4.81. The van der Waals surface area contributed by atoms with Crippen molar-refractivity contribution < 1.29 is 9.47 Å². The SMILES string of the molecule is COc1ccc(CN2CCN(CCOCCc3ccc(-c4cncnc4)cc3)CC2)cc1. The quantitative estimate of drug-likeness (QED) is 0.457. The summed E-state index contributed by atoms with van der Waals surface area (Å²) in [6.07, 6.45) is 6.16. The van der Waals surface area contributed by atoms with Crippen LogP contribution < -0.4 is 4.74 Å². The average Bonchev–Trinajstić information content (AvgIpc) is 2.86. The van der Waals surface area contributed by atoms with Gasteiger partial charge in [0.25, 0.3) is 0 Å². The highest BCUT2D eigenvalue weighted by atomic mass is 16.5. The minimum absolute atomic E-state index is 0.755. The molecule has 0 saturated carbocycles. The van der Waals surface area contributed by atoms with Crippen LogP contribution in [0.25, 0.3) is 11.1 Å². The molecule has 2 aromatic carbocycles. The van der Waals surface area contributed by atoms with Crippen LogP contribution in [0.2, 0.25) is 0 Å². The molecule has 0 radical (unpaired) electrons. The molecule has 0 amide bonds. The Balaban J connectivity index is 1.09. The molecule has 1 aromatic heterocycles. The minimum Gasteiger partial charge on any atom is -0.497 e. The van der Waals surface area contributed by atoms with Crippen molar-refractivity contribution in [1.29, 1.82) is 0 Å². The van der Waals surface area contributed by atoms with Gasteiger partial charge in [-0.05, 0) is 35.2 Å². The molecule has 4 rings (SSSR count). The third-order valence-electron chi connectivity index (χ3n) is 5.96. The van der Waals surface area contributed by atoms with E-state index in [0.29, 0.717) is 0 Å². The van der Waals surface area contributed by atoms with E-state index in [1.807, 2.05) is 24.5 Å². The molecule has 1 fully saturated rings. The van der Waals surface area contributed by atoms with E-state index in [4.69, 9.17) is 9.47 Å². The van der Waals surface area contributed by atoms with Gasteiger partial charge in [0.15, 0.2) is 0 Å². The largest absolute Gasteiger partial charge is 0.497 e. The van der Waals surface area contributed by atoms with Gasteiger partial charge in [-0.1, -0.05) is 36.4 Å². The summed E-state index contributed by atoms with van der Waals surface area (Å²) in [6.45, 7) is 7.96. The van der Waals surface area contributed by atoms with E-state index >= 15 is 0 Å². The number of rotatable bonds is 10. The Labute approximate surface area is 190 Å². The summed E-state index contributed by atoms with van der Waals surface area (Å²) >= 11 is 0. The number of benzene rings is 2. The first kappa shape index (κ1) is 22.4. The lowest BCUT2D eigenvalue weighted by Crippen LogP contribution is -2.46. The van der Waals surface area contributed by atoms with Crippen LogP contribution in [0.3, 0.4) is 0 Å². The van der Waals surface area contributed by atoms with Gasteiger partial charge in [-0.2, -0.15) is 0 Å². The van der Waals surface area contributed by atoms with Crippen LogP contribution in [-0.4, -0.2) is 72.8 Å². The second kappa shape index (κ2) is 11.7. The van der Waals surface area contributed by atoms with E-state index in [1.54, 1.807) is 13.4 Å². The van der Waals surface area contributed by atoms with Crippen molar-refractivity contribution in [1.82, 2.24) is 19.8 Å². The second-order valence-electron chi connectivity index (χ2n) is 8.15. The van der Waals surface area contributed by atoms with Gasteiger partial charge in [0, 0.05) is 57.2 Å². The van der Waals surface area contributed by atoms with E-state index in [9.17, 15) is 0 Å². The topological polar surface area (TPSA) is 50.7 Å². The fourth-order valence-corrected chi connectivity index (χ4v) is 3.96. The average molecular weight is 433 g/mol. The molecular weight excluding hydrogens is 400 g/mol. The maximum Gasteiger partial charge on any atom is 0.118 e. The van der Waals surface area contributed by atoms with Crippen molar-refractivity contribution in [3.63, 3.8) is 0 Å². The van der Waals surface area contributed by atoms with Crippen molar-refractivity contribution in [2.45, 2.75) is 13.0 Å². The number of methoxy groups -OCH3 is 1. The molecule has 32 heavy (non-hydrogen) atoms. The van der Waals surface area contributed by atoms with Crippen molar-refractivity contribution >= 4 is 0 Å². The number of piperazine rings is 1. The third-order valence-corrected chi connectivity index (χ3v) is 5.96. The van der Waals surface area contributed by atoms with Gasteiger partial charge >= 0.3 is 0 Å². The van der Waals surface area contributed by atoms with E-state index < -0.39 is 0 Å². The standard InChI is InChI=1S/C26H32N4O2/c1-31-26-8-4-23(5-9-26)20-30-13-11-29(12-14-30)15-17-32-16-10-22-2-6-24(7-3-22)25-18-27-21-28-19-25/h2-9,18-19,21H,10-17,20H2,1H3. The van der Waals surface area contributed by atoms with E-state index in [1.165, 1.54) is 11.1 Å². The molecule has 1 aliphatic heterocycles. The van der Waals surface area contributed by atoms with Gasteiger partial charge in [-0.15, -0.1) is 0 Å². The van der Waals surface area contributed by atoms with Crippen molar-refractivity contribution in [2.75, 3.05) is 53.0 Å². The van der Waals surface area contributed by atoms with Crippen molar-refractivity contribution in [3.8, 4) is 16.9 Å². The van der Waals surface area contributed by atoms with E-state index in [0.717, 1.165) is 75.8 Å². The third kappa shape index (κ3) is 6.60. The second-order valence-corrected chi connectivity index (χ2v) is 8.15. The fraction of sp³-hybridized carbons (Fsp3) is 0.385. The molecule has 6 nitrogen and oxygen atoms in total. The predicted octanol–water partition coefficient (Wildman–Crippen LogP) is 3.53. The fourth-order valence-electron chi connectivity index (χ4n) is 3.96. The summed E-state index contributed by atoms with van der Waals surface area (Å²) in [7, 11) is 1.71. The highest BCUT2D eigenvalue weighted by Crippen LogP contribution is 2.18. The van der Waals surface area contributed by atoms with Crippen LogP contribution >= 0.6 is 0 Å². The molecular formula is C26H32N4O2. The maximum absolute atomic E-state index is 5.91. The molecule has 0 aliphatic carbocycles. The summed E-state index contributed by atoms with van der Waals surface area (Å²) in [5.74, 6) is 0.915. The summed E-state index contributed by atoms with van der Waals surface area (Å²) in [4.78, 5) is 13.2. The van der Waals surface area contributed by atoms with Crippen LogP contribution in [-0.2, 0) is 17.7 Å². The Kier molecular flexibility index (Phi) is 8.20. The lowest BCUT2D eigenvalue weighted by atomic mass is 10.1. The van der Waals surface area contributed by atoms with Crippen LogP contribution in [0.4, 0.5) is 0 Å². The summed E-state index contributed by atoms with van der Waals surface area (Å²) in [6, 6.07) is 17.0. The van der Waals surface area contributed by atoms with Crippen molar-refractivity contribution in [2.24, 2.45) is 0 Å². The van der Waals surface area contributed by atoms with Crippen LogP contribution in [0.5, 0.6) is 5.75 Å². The van der Waals surface area contributed by atoms with Gasteiger partial charge in [-0.25, -0.2) is 9.97 Å². The zero-order valence-corrected chi connectivity index (χ0v) is 18.8. The summed E-state index contributed by atoms with van der Waals surface area (Å²) < 4.78 is 11.2. The van der Waals surface area contributed by atoms with Crippen LogP contribution in [0.1, 0.15) is 11.1 Å². The number of ether oxygens (including phenoxy) is 2. The molecule has 2 heterocycles. The van der Waals surface area contributed by atoms with Gasteiger partial charge in [0.05, 0.1) is 20.3 Å². The maximum atomic E-state index is 5.91. The first-order valence-corrected chi connectivity index (χ1v) is 11.3. The Morgan fingerprint density at radius 2 is 1.41 bits per heavy atom. The molecule has 168 valence electrons. The highest BCUT2D eigenvalue weighted by molar-refractivity contribution is 5.61. The van der Waals surface area contributed by atoms with Gasteiger partial charge in [0.2, 0.25) is 0 Å². The van der Waals surface area contributed by atoms with Gasteiger partial charge in [-0.3, -0.25) is 9.80 Å². The Morgan fingerprint density at radius 3 is 2.09 bits per heavy atom. The molecule has 0 bridgehead atoms. The highest BCUT2D eigenvalue weighted by Gasteiger charge is 2.16. The van der Waals surface area contributed by atoms with Crippen LogP contribution in [0.15, 0.2) is 67.3 Å². The number of aromatic nitrogens is 2. The molecule has 6 heteroatoms. The predicted molar refractivity (Wildman–Crippen MR) is 127 cm³/mol. The number of nitrogens with zero attached hydrogens (tertiary/aromatic N) is 4. The van der Waals surface area contributed by atoms with E-state index in [2.05, 4.69) is 56.2 Å². The zero-order chi connectivity index (χ0) is 22.0.